The van der Waals surface area contributed by atoms with Crippen LogP contribution in [0.2, 0.25) is 0 Å². The highest BCUT2D eigenvalue weighted by atomic mass is 16.6. The first-order chi connectivity index (χ1) is 11.6. The van der Waals surface area contributed by atoms with Crippen LogP contribution in [0.15, 0.2) is 60.7 Å². The van der Waals surface area contributed by atoms with Crippen molar-refractivity contribution in [3.8, 4) is 0 Å². The number of carbonyl (C=O) groups excluding carboxylic acids is 1. The number of rotatable bonds is 5. The molecule has 1 amide bonds. The molecular formula is C20H23NO3. The summed E-state index contributed by atoms with van der Waals surface area (Å²) in [7, 11) is 1.70. The molecule has 0 aliphatic heterocycles. The monoisotopic (exact) mass is 325 g/mol. The van der Waals surface area contributed by atoms with Gasteiger partial charge in [-0.3, -0.25) is 0 Å². The Labute approximate surface area is 142 Å². The summed E-state index contributed by atoms with van der Waals surface area (Å²) in [5.41, 5.74) is 0.999. The summed E-state index contributed by atoms with van der Waals surface area (Å²) in [4.78, 5) is 14.0. The van der Waals surface area contributed by atoms with Crippen molar-refractivity contribution < 1.29 is 14.6 Å². The summed E-state index contributed by atoms with van der Waals surface area (Å²) in [6, 6.07) is 18.9. The van der Waals surface area contributed by atoms with Gasteiger partial charge in [-0.15, -0.1) is 0 Å². The smallest absolute Gasteiger partial charge is 0.410 e. The van der Waals surface area contributed by atoms with Crippen LogP contribution >= 0.6 is 0 Å². The molecule has 0 radical (unpaired) electrons. The molecular weight excluding hydrogens is 302 g/mol. The molecule has 0 bridgehead atoms. The molecule has 2 aromatic carbocycles. The van der Waals surface area contributed by atoms with Gasteiger partial charge in [0.05, 0.1) is 11.6 Å². The third-order valence-electron chi connectivity index (χ3n) is 4.72. The molecule has 126 valence electrons. The van der Waals surface area contributed by atoms with Gasteiger partial charge in [-0.05, 0) is 30.4 Å². The summed E-state index contributed by atoms with van der Waals surface area (Å²) in [6.07, 6.45) is 1.95. The van der Waals surface area contributed by atoms with E-state index in [0.717, 1.165) is 17.5 Å². The largest absolute Gasteiger partial charge is 0.445 e. The van der Waals surface area contributed by atoms with E-state index in [1.807, 2.05) is 60.7 Å². The van der Waals surface area contributed by atoms with Crippen molar-refractivity contribution in [1.82, 2.24) is 4.90 Å². The Morgan fingerprint density at radius 2 is 1.71 bits per heavy atom. The number of aliphatic hydroxyl groups is 1. The van der Waals surface area contributed by atoms with Gasteiger partial charge in [0.2, 0.25) is 0 Å². The lowest BCUT2D eigenvalue weighted by atomic mass is 9.72. The summed E-state index contributed by atoms with van der Waals surface area (Å²) in [5, 5.41) is 10.9. The van der Waals surface area contributed by atoms with Crippen LogP contribution in [0.3, 0.4) is 0 Å². The molecule has 4 nitrogen and oxygen atoms in total. The van der Waals surface area contributed by atoms with Crippen LogP contribution in [0.4, 0.5) is 4.79 Å². The summed E-state index contributed by atoms with van der Waals surface area (Å²) in [6.45, 7) is 0.226. The van der Waals surface area contributed by atoms with E-state index in [1.165, 1.54) is 4.90 Å². The second-order valence-electron chi connectivity index (χ2n) is 6.42. The number of carbonyl (C=O) groups is 1. The van der Waals surface area contributed by atoms with Crippen LogP contribution in [-0.4, -0.2) is 28.7 Å². The van der Waals surface area contributed by atoms with Gasteiger partial charge in [0.15, 0.2) is 0 Å². The van der Waals surface area contributed by atoms with E-state index in [9.17, 15) is 9.90 Å². The van der Waals surface area contributed by atoms with E-state index in [-0.39, 0.29) is 6.61 Å². The quantitative estimate of drug-likeness (QED) is 0.906. The molecule has 0 heterocycles. The van der Waals surface area contributed by atoms with E-state index in [2.05, 4.69) is 0 Å². The third-order valence-corrected chi connectivity index (χ3v) is 4.72. The van der Waals surface area contributed by atoms with E-state index in [0.29, 0.717) is 12.8 Å². The van der Waals surface area contributed by atoms with Crippen LogP contribution < -0.4 is 0 Å². The topological polar surface area (TPSA) is 49.8 Å². The molecule has 4 heteroatoms. The molecule has 1 aliphatic carbocycles. The minimum absolute atomic E-state index is 0.226. The van der Waals surface area contributed by atoms with Crippen molar-refractivity contribution in [1.29, 1.82) is 0 Å². The maximum Gasteiger partial charge on any atom is 0.410 e. The molecule has 1 atom stereocenters. The Bertz CT molecular complexity index is 668. The average molecular weight is 325 g/mol. The average Bonchev–Trinajstić information content (AvgIpc) is 2.60. The number of ether oxygens (including phenoxy) is 1. The van der Waals surface area contributed by atoms with Gasteiger partial charge in [0, 0.05) is 7.05 Å². The van der Waals surface area contributed by atoms with Crippen molar-refractivity contribution >= 4 is 6.09 Å². The van der Waals surface area contributed by atoms with Crippen molar-refractivity contribution in [2.24, 2.45) is 0 Å². The second kappa shape index (κ2) is 7.05. The SMILES string of the molecule is CN(C(=O)OCc1ccccc1)C(c1ccccc1)C1(O)CCC1. The molecule has 1 unspecified atom stereocenters. The maximum absolute atomic E-state index is 12.5. The molecule has 0 spiro atoms. The molecule has 1 fully saturated rings. The standard InChI is InChI=1S/C20H23NO3/c1-21(19(22)24-15-16-9-4-2-5-10-16)18(20(23)13-8-14-20)17-11-6-3-7-12-17/h2-7,9-12,18,23H,8,13-15H2,1H3. The zero-order chi connectivity index (χ0) is 17.0. The van der Waals surface area contributed by atoms with Gasteiger partial charge in [0.1, 0.15) is 6.61 Å². The minimum atomic E-state index is -0.873. The molecule has 1 saturated carbocycles. The van der Waals surface area contributed by atoms with Crippen molar-refractivity contribution in [3.63, 3.8) is 0 Å². The number of likely N-dealkylation sites (N-methyl/N-ethyl adjacent to an activating group) is 1. The highest BCUT2D eigenvalue weighted by Crippen LogP contribution is 2.45. The van der Waals surface area contributed by atoms with Gasteiger partial charge < -0.3 is 14.7 Å². The molecule has 0 saturated heterocycles. The predicted molar refractivity (Wildman–Crippen MR) is 92.4 cm³/mol. The van der Waals surface area contributed by atoms with E-state index < -0.39 is 17.7 Å². The lowest BCUT2D eigenvalue weighted by Crippen LogP contribution is -2.51. The van der Waals surface area contributed by atoms with Gasteiger partial charge in [0.25, 0.3) is 0 Å². The van der Waals surface area contributed by atoms with Crippen LogP contribution in [0, 0.1) is 0 Å². The summed E-state index contributed by atoms with van der Waals surface area (Å²) < 4.78 is 5.43. The Morgan fingerprint density at radius 3 is 2.25 bits per heavy atom. The number of amides is 1. The van der Waals surface area contributed by atoms with E-state index in [1.54, 1.807) is 7.05 Å². The first kappa shape index (κ1) is 16.5. The Hall–Kier alpha value is -2.33. The fourth-order valence-corrected chi connectivity index (χ4v) is 3.27. The van der Waals surface area contributed by atoms with Crippen LogP contribution in [0.1, 0.15) is 36.4 Å². The fraction of sp³-hybridized carbons (Fsp3) is 0.350. The number of hydrogen-bond acceptors (Lipinski definition) is 3. The first-order valence-corrected chi connectivity index (χ1v) is 8.31. The Balaban J connectivity index is 1.73. The molecule has 3 rings (SSSR count). The van der Waals surface area contributed by atoms with Gasteiger partial charge in [-0.25, -0.2) is 4.79 Å². The van der Waals surface area contributed by atoms with E-state index >= 15 is 0 Å². The number of nitrogens with zero attached hydrogens (tertiary/aromatic N) is 1. The molecule has 24 heavy (non-hydrogen) atoms. The number of benzene rings is 2. The molecule has 1 N–H and O–H groups in total. The fourth-order valence-electron chi connectivity index (χ4n) is 3.27. The van der Waals surface area contributed by atoms with Gasteiger partial charge in [-0.1, -0.05) is 60.7 Å². The Kier molecular flexibility index (Phi) is 4.86. The Morgan fingerprint density at radius 1 is 1.12 bits per heavy atom. The second-order valence-corrected chi connectivity index (χ2v) is 6.42. The highest BCUT2D eigenvalue weighted by Gasteiger charge is 2.46. The highest BCUT2D eigenvalue weighted by molar-refractivity contribution is 5.68. The van der Waals surface area contributed by atoms with Crippen LogP contribution in [0.25, 0.3) is 0 Å². The van der Waals surface area contributed by atoms with Gasteiger partial charge in [-0.2, -0.15) is 0 Å². The van der Waals surface area contributed by atoms with Crippen molar-refractivity contribution in [3.05, 3.63) is 71.8 Å². The third kappa shape index (κ3) is 3.44. The van der Waals surface area contributed by atoms with Gasteiger partial charge >= 0.3 is 6.09 Å². The van der Waals surface area contributed by atoms with Crippen molar-refractivity contribution in [2.45, 2.75) is 37.5 Å². The predicted octanol–water partition coefficient (Wildman–Crippen LogP) is 3.91. The maximum atomic E-state index is 12.5. The normalized spacial score (nSPS) is 16.8. The zero-order valence-corrected chi connectivity index (χ0v) is 13.9. The molecule has 0 aromatic heterocycles. The lowest BCUT2D eigenvalue weighted by Gasteiger charge is -2.46. The lowest BCUT2D eigenvalue weighted by molar-refractivity contribution is -0.0952. The molecule has 2 aromatic rings. The number of hydrogen-bond donors (Lipinski definition) is 1. The first-order valence-electron chi connectivity index (χ1n) is 8.31. The minimum Gasteiger partial charge on any atom is -0.445 e. The summed E-state index contributed by atoms with van der Waals surface area (Å²) in [5.74, 6) is 0. The summed E-state index contributed by atoms with van der Waals surface area (Å²) >= 11 is 0. The van der Waals surface area contributed by atoms with Crippen molar-refractivity contribution in [2.75, 3.05) is 7.05 Å². The van der Waals surface area contributed by atoms with Crippen LogP contribution in [0.5, 0.6) is 0 Å². The van der Waals surface area contributed by atoms with E-state index in [4.69, 9.17) is 4.74 Å². The molecule has 1 aliphatic rings. The van der Waals surface area contributed by atoms with Crippen LogP contribution in [-0.2, 0) is 11.3 Å². The zero-order valence-electron chi connectivity index (χ0n) is 13.9.